The SMILES string of the molecule is CCC(C)(CO)CNc1ccc(F)cc1[N+](=O)[O-]. The van der Waals surface area contributed by atoms with E-state index in [0.29, 0.717) is 6.54 Å². The van der Waals surface area contributed by atoms with Crippen LogP contribution in [0.25, 0.3) is 0 Å². The third-order valence-corrected chi connectivity index (χ3v) is 3.10. The fraction of sp³-hybridized carbons (Fsp3) is 0.500. The lowest BCUT2D eigenvalue weighted by atomic mass is 9.88. The van der Waals surface area contributed by atoms with Crippen LogP contribution in [0.15, 0.2) is 18.2 Å². The third-order valence-electron chi connectivity index (χ3n) is 3.10. The maximum Gasteiger partial charge on any atom is 0.295 e. The highest BCUT2D eigenvalue weighted by Crippen LogP contribution is 2.27. The van der Waals surface area contributed by atoms with Gasteiger partial charge < -0.3 is 10.4 Å². The minimum atomic E-state index is -0.646. The highest BCUT2D eigenvalue weighted by Gasteiger charge is 2.22. The van der Waals surface area contributed by atoms with Crippen molar-refractivity contribution in [2.24, 2.45) is 5.41 Å². The van der Waals surface area contributed by atoms with Gasteiger partial charge in [-0.15, -0.1) is 0 Å². The summed E-state index contributed by atoms with van der Waals surface area (Å²) in [7, 11) is 0. The molecule has 0 heterocycles. The second-order valence-corrected chi connectivity index (χ2v) is 4.59. The molecule has 6 heteroatoms. The molecule has 0 amide bonds. The molecule has 0 aliphatic rings. The average molecular weight is 256 g/mol. The molecule has 100 valence electrons. The molecule has 1 unspecified atom stereocenters. The van der Waals surface area contributed by atoms with E-state index in [2.05, 4.69) is 5.32 Å². The first-order valence-electron chi connectivity index (χ1n) is 5.70. The normalized spacial score (nSPS) is 14.0. The molecular formula is C12H17FN2O3. The fourth-order valence-electron chi connectivity index (χ4n) is 1.41. The van der Waals surface area contributed by atoms with Gasteiger partial charge in [0.1, 0.15) is 11.5 Å². The molecule has 0 aromatic heterocycles. The molecule has 5 nitrogen and oxygen atoms in total. The number of halogens is 1. The Bertz CT molecular complexity index is 433. The summed E-state index contributed by atoms with van der Waals surface area (Å²) in [4.78, 5) is 10.2. The molecule has 2 N–H and O–H groups in total. The summed E-state index contributed by atoms with van der Waals surface area (Å²) < 4.78 is 12.9. The predicted molar refractivity (Wildman–Crippen MR) is 67.0 cm³/mol. The van der Waals surface area contributed by atoms with Crippen LogP contribution in [-0.2, 0) is 0 Å². The van der Waals surface area contributed by atoms with E-state index in [9.17, 15) is 19.6 Å². The quantitative estimate of drug-likeness (QED) is 0.606. The largest absolute Gasteiger partial charge is 0.396 e. The molecule has 1 aromatic rings. The van der Waals surface area contributed by atoms with Crippen molar-refractivity contribution in [3.05, 3.63) is 34.1 Å². The zero-order valence-electron chi connectivity index (χ0n) is 10.4. The Kier molecular flexibility index (Phi) is 4.61. The molecule has 0 fully saturated rings. The number of nitro groups is 1. The molecule has 1 aromatic carbocycles. The summed E-state index contributed by atoms with van der Waals surface area (Å²) in [5.74, 6) is -0.646. The van der Waals surface area contributed by atoms with Crippen molar-refractivity contribution in [1.82, 2.24) is 0 Å². The van der Waals surface area contributed by atoms with Crippen LogP contribution in [0.4, 0.5) is 15.8 Å². The van der Waals surface area contributed by atoms with Crippen molar-refractivity contribution in [3.8, 4) is 0 Å². The van der Waals surface area contributed by atoms with Gasteiger partial charge in [0.15, 0.2) is 0 Å². The van der Waals surface area contributed by atoms with E-state index in [0.717, 1.165) is 18.6 Å². The van der Waals surface area contributed by atoms with Crippen LogP contribution in [0.1, 0.15) is 20.3 Å². The van der Waals surface area contributed by atoms with E-state index in [1.165, 1.54) is 6.07 Å². The topological polar surface area (TPSA) is 75.4 Å². The van der Waals surface area contributed by atoms with Crippen LogP contribution in [0.2, 0.25) is 0 Å². The zero-order chi connectivity index (χ0) is 13.8. The molecular weight excluding hydrogens is 239 g/mol. The van der Waals surface area contributed by atoms with Crippen molar-refractivity contribution in [3.63, 3.8) is 0 Å². The summed E-state index contributed by atoms with van der Waals surface area (Å²) in [5, 5.41) is 22.9. The number of hydrogen-bond donors (Lipinski definition) is 2. The maximum absolute atomic E-state index is 12.9. The Morgan fingerprint density at radius 3 is 2.72 bits per heavy atom. The standard InChI is InChI=1S/C12H17FN2O3/c1-3-12(2,8-16)7-14-10-5-4-9(13)6-11(10)15(17)18/h4-6,14,16H,3,7-8H2,1-2H3. The monoisotopic (exact) mass is 256 g/mol. The maximum atomic E-state index is 12.9. The van der Waals surface area contributed by atoms with Crippen LogP contribution in [0.3, 0.4) is 0 Å². The number of nitro benzene ring substituents is 1. The van der Waals surface area contributed by atoms with Crippen molar-refractivity contribution in [2.45, 2.75) is 20.3 Å². The van der Waals surface area contributed by atoms with Crippen molar-refractivity contribution in [1.29, 1.82) is 0 Å². The highest BCUT2D eigenvalue weighted by molar-refractivity contribution is 5.61. The molecule has 0 aliphatic heterocycles. The number of hydrogen-bond acceptors (Lipinski definition) is 4. The van der Waals surface area contributed by atoms with Crippen LogP contribution < -0.4 is 5.32 Å². The van der Waals surface area contributed by atoms with Crippen LogP contribution in [0.5, 0.6) is 0 Å². The van der Waals surface area contributed by atoms with Gasteiger partial charge in [-0.1, -0.05) is 13.8 Å². The second-order valence-electron chi connectivity index (χ2n) is 4.59. The van der Waals surface area contributed by atoms with Gasteiger partial charge in [0.25, 0.3) is 5.69 Å². The van der Waals surface area contributed by atoms with Crippen molar-refractivity contribution >= 4 is 11.4 Å². The van der Waals surface area contributed by atoms with E-state index in [1.54, 1.807) is 0 Å². The van der Waals surface area contributed by atoms with E-state index >= 15 is 0 Å². The summed E-state index contributed by atoms with van der Waals surface area (Å²) in [6.45, 7) is 4.16. The minimum absolute atomic E-state index is 0.0223. The molecule has 0 spiro atoms. The number of nitrogens with zero attached hydrogens (tertiary/aromatic N) is 1. The van der Waals surface area contributed by atoms with Gasteiger partial charge in [-0.3, -0.25) is 10.1 Å². The van der Waals surface area contributed by atoms with Gasteiger partial charge >= 0.3 is 0 Å². The summed E-state index contributed by atoms with van der Waals surface area (Å²) in [6.07, 6.45) is 0.728. The number of aliphatic hydroxyl groups is 1. The van der Waals surface area contributed by atoms with Crippen LogP contribution in [-0.4, -0.2) is 23.2 Å². The summed E-state index contributed by atoms with van der Waals surface area (Å²) in [6, 6.07) is 3.38. The van der Waals surface area contributed by atoms with Crippen molar-refractivity contribution in [2.75, 3.05) is 18.5 Å². The summed E-state index contributed by atoms with van der Waals surface area (Å²) in [5.41, 5.74) is -0.400. The van der Waals surface area contributed by atoms with Gasteiger partial charge in [0.2, 0.25) is 0 Å². The third kappa shape index (κ3) is 3.40. The Morgan fingerprint density at radius 2 is 2.22 bits per heavy atom. The molecule has 0 saturated heterocycles. The molecule has 0 saturated carbocycles. The minimum Gasteiger partial charge on any atom is -0.396 e. The lowest BCUT2D eigenvalue weighted by Gasteiger charge is -2.26. The first kappa shape index (κ1) is 14.4. The van der Waals surface area contributed by atoms with Crippen LogP contribution >= 0.6 is 0 Å². The number of anilines is 1. The average Bonchev–Trinajstić information content (AvgIpc) is 2.36. The second kappa shape index (κ2) is 5.77. The molecule has 1 rings (SSSR count). The Labute approximate surface area is 105 Å². The molecule has 0 radical (unpaired) electrons. The number of nitrogens with one attached hydrogen (secondary N) is 1. The van der Waals surface area contributed by atoms with Gasteiger partial charge in [-0.05, 0) is 18.6 Å². The number of aliphatic hydroxyl groups excluding tert-OH is 1. The Morgan fingerprint density at radius 1 is 1.56 bits per heavy atom. The molecule has 0 aliphatic carbocycles. The lowest BCUT2D eigenvalue weighted by Crippen LogP contribution is -2.29. The number of rotatable bonds is 6. The van der Waals surface area contributed by atoms with E-state index < -0.39 is 10.7 Å². The first-order valence-corrected chi connectivity index (χ1v) is 5.70. The Balaban J connectivity index is 2.88. The fourth-order valence-corrected chi connectivity index (χ4v) is 1.41. The van der Waals surface area contributed by atoms with E-state index in [1.807, 2.05) is 13.8 Å². The van der Waals surface area contributed by atoms with Gasteiger partial charge in [0.05, 0.1) is 17.6 Å². The Hall–Kier alpha value is -1.69. The van der Waals surface area contributed by atoms with Gasteiger partial charge in [-0.25, -0.2) is 4.39 Å². The van der Waals surface area contributed by atoms with Gasteiger partial charge in [-0.2, -0.15) is 0 Å². The number of benzene rings is 1. The molecule has 1 atom stereocenters. The van der Waals surface area contributed by atoms with E-state index in [4.69, 9.17) is 0 Å². The smallest absolute Gasteiger partial charge is 0.295 e. The first-order chi connectivity index (χ1) is 8.41. The van der Waals surface area contributed by atoms with E-state index in [-0.39, 0.29) is 23.4 Å². The lowest BCUT2D eigenvalue weighted by molar-refractivity contribution is -0.384. The predicted octanol–water partition coefficient (Wildman–Crippen LogP) is 2.55. The molecule has 0 bridgehead atoms. The highest BCUT2D eigenvalue weighted by atomic mass is 19.1. The van der Waals surface area contributed by atoms with Crippen molar-refractivity contribution < 1.29 is 14.4 Å². The molecule has 18 heavy (non-hydrogen) atoms. The van der Waals surface area contributed by atoms with Crippen LogP contribution in [0, 0.1) is 21.3 Å². The summed E-state index contributed by atoms with van der Waals surface area (Å²) >= 11 is 0. The zero-order valence-corrected chi connectivity index (χ0v) is 10.4. The van der Waals surface area contributed by atoms with Gasteiger partial charge in [0, 0.05) is 12.0 Å².